The molecule has 1 aromatic heterocycles. The van der Waals surface area contributed by atoms with Crippen LogP contribution in [0.2, 0.25) is 0 Å². The zero-order valence-electron chi connectivity index (χ0n) is 12.6. The van der Waals surface area contributed by atoms with Gasteiger partial charge in [-0.25, -0.2) is 4.39 Å². The summed E-state index contributed by atoms with van der Waals surface area (Å²) in [5.74, 6) is 1.45. The molecule has 0 saturated carbocycles. The molecular formula is C18H21FN2S. The molecule has 0 radical (unpaired) electrons. The molecule has 2 aliphatic heterocycles. The van der Waals surface area contributed by atoms with Gasteiger partial charge in [-0.2, -0.15) is 0 Å². The fourth-order valence-electron chi connectivity index (χ4n) is 3.96. The van der Waals surface area contributed by atoms with Crippen LogP contribution in [0.5, 0.6) is 0 Å². The van der Waals surface area contributed by atoms with Crippen LogP contribution < -0.4 is 0 Å². The summed E-state index contributed by atoms with van der Waals surface area (Å²) in [5.41, 5.74) is 1.09. The summed E-state index contributed by atoms with van der Waals surface area (Å²) in [6.45, 7) is 6.72. The third-order valence-electron chi connectivity index (χ3n) is 4.89. The Morgan fingerprint density at radius 3 is 2.32 bits per heavy atom. The number of benzene rings is 1. The Morgan fingerprint density at radius 1 is 0.955 bits per heavy atom. The number of nitrogens with zero attached hydrogens (tertiary/aromatic N) is 2. The quantitative estimate of drug-likeness (QED) is 0.852. The van der Waals surface area contributed by atoms with Crippen molar-refractivity contribution >= 4 is 11.3 Å². The summed E-state index contributed by atoms with van der Waals surface area (Å²) in [6, 6.07) is 11.4. The maximum atomic E-state index is 13.3. The smallest absolute Gasteiger partial charge is 0.123 e. The molecule has 2 nitrogen and oxygen atoms in total. The van der Waals surface area contributed by atoms with Gasteiger partial charge in [-0.1, -0.05) is 18.2 Å². The molecule has 0 spiro atoms. The third kappa shape index (κ3) is 3.09. The van der Waals surface area contributed by atoms with E-state index in [1.54, 1.807) is 6.07 Å². The van der Waals surface area contributed by atoms with E-state index < -0.39 is 0 Å². The van der Waals surface area contributed by atoms with E-state index in [0.717, 1.165) is 43.6 Å². The monoisotopic (exact) mass is 316 g/mol. The van der Waals surface area contributed by atoms with Crippen molar-refractivity contribution in [3.63, 3.8) is 0 Å². The molecule has 2 atom stereocenters. The summed E-state index contributed by atoms with van der Waals surface area (Å²) >= 11 is 1.85. The standard InChI is InChI=1S/C18H21FN2S/c19-17-4-1-3-14(7-17)8-20-9-15-11-21(12-16(15)10-20)13-18-5-2-6-22-18/h1-7,15-16H,8-13H2/t15-,16+. The van der Waals surface area contributed by atoms with Crippen molar-refractivity contribution in [2.75, 3.05) is 26.2 Å². The molecule has 0 aliphatic carbocycles. The van der Waals surface area contributed by atoms with Gasteiger partial charge in [0.05, 0.1) is 0 Å². The Kier molecular flexibility index (Phi) is 3.99. The summed E-state index contributed by atoms with van der Waals surface area (Å²) in [7, 11) is 0. The van der Waals surface area contributed by atoms with Crippen molar-refractivity contribution < 1.29 is 4.39 Å². The lowest BCUT2D eigenvalue weighted by atomic mass is 10.0. The van der Waals surface area contributed by atoms with E-state index in [4.69, 9.17) is 0 Å². The second-order valence-corrected chi connectivity index (χ2v) is 7.65. The van der Waals surface area contributed by atoms with Crippen molar-refractivity contribution in [1.82, 2.24) is 9.80 Å². The van der Waals surface area contributed by atoms with E-state index in [9.17, 15) is 4.39 Å². The third-order valence-corrected chi connectivity index (χ3v) is 5.75. The molecule has 4 heteroatoms. The Morgan fingerprint density at radius 2 is 1.68 bits per heavy atom. The first-order valence-corrected chi connectivity index (χ1v) is 8.86. The van der Waals surface area contributed by atoms with E-state index in [1.165, 1.54) is 24.0 Å². The fourth-order valence-corrected chi connectivity index (χ4v) is 4.71. The average Bonchev–Trinajstić information content (AvgIpc) is 3.16. The van der Waals surface area contributed by atoms with Crippen molar-refractivity contribution in [2.24, 2.45) is 11.8 Å². The minimum Gasteiger partial charge on any atom is -0.298 e. The summed E-state index contributed by atoms with van der Waals surface area (Å²) in [5, 5.41) is 2.16. The van der Waals surface area contributed by atoms with Gasteiger partial charge in [0.15, 0.2) is 0 Å². The Hall–Kier alpha value is -1.23. The SMILES string of the molecule is Fc1cccc(CN2C[C@@H]3CN(Cc4cccs4)C[C@@H]3C2)c1. The largest absolute Gasteiger partial charge is 0.298 e. The van der Waals surface area contributed by atoms with Gasteiger partial charge in [-0.15, -0.1) is 11.3 Å². The van der Waals surface area contributed by atoms with Crippen molar-refractivity contribution in [3.05, 3.63) is 58.0 Å². The number of thiophene rings is 1. The molecular weight excluding hydrogens is 295 g/mol. The van der Waals surface area contributed by atoms with Gasteiger partial charge in [0.1, 0.15) is 5.82 Å². The molecule has 1 aromatic carbocycles. The molecule has 3 heterocycles. The van der Waals surface area contributed by atoms with Crippen molar-refractivity contribution in [2.45, 2.75) is 13.1 Å². The molecule has 0 bridgehead atoms. The molecule has 0 amide bonds. The van der Waals surface area contributed by atoms with Gasteiger partial charge in [0.25, 0.3) is 0 Å². The van der Waals surface area contributed by atoms with Gasteiger partial charge < -0.3 is 0 Å². The predicted octanol–water partition coefficient (Wildman–Crippen LogP) is 3.45. The zero-order valence-corrected chi connectivity index (χ0v) is 13.4. The normalized spacial score (nSPS) is 25.7. The maximum Gasteiger partial charge on any atom is 0.123 e. The van der Waals surface area contributed by atoms with Crippen LogP contribution in [0.15, 0.2) is 41.8 Å². The highest BCUT2D eigenvalue weighted by molar-refractivity contribution is 7.09. The van der Waals surface area contributed by atoms with E-state index in [0.29, 0.717) is 0 Å². The molecule has 2 aliphatic rings. The molecule has 2 fully saturated rings. The highest BCUT2D eigenvalue weighted by Gasteiger charge is 2.39. The number of rotatable bonds is 4. The lowest BCUT2D eigenvalue weighted by Crippen LogP contribution is -2.28. The molecule has 2 aromatic rings. The van der Waals surface area contributed by atoms with E-state index in [-0.39, 0.29) is 5.82 Å². The number of halogens is 1. The van der Waals surface area contributed by atoms with Crippen LogP contribution in [0.4, 0.5) is 4.39 Å². The molecule has 4 rings (SSSR count). The van der Waals surface area contributed by atoms with Crippen LogP contribution in [0.3, 0.4) is 0 Å². The van der Waals surface area contributed by atoms with Crippen molar-refractivity contribution in [3.8, 4) is 0 Å². The summed E-state index contributed by atoms with van der Waals surface area (Å²) < 4.78 is 13.3. The van der Waals surface area contributed by atoms with Gasteiger partial charge in [0.2, 0.25) is 0 Å². The number of likely N-dealkylation sites (tertiary alicyclic amines) is 2. The predicted molar refractivity (Wildman–Crippen MR) is 88.3 cm³/mol. The number of hydrogen-bond acceptors (Lipinski definition) is 3. The Labute approximate surface area is 135 Å². The lowest BCUT2D eigenvalue weighted by molar-refractivity contribution is 0.247. The average molecular weight is 316 g/mol. The number of fused-ring (bicyclic) bond motifs is 1. The number of hydrogen-bond donors (Lipinski definition) is 0. The zero-order chi connectivity index (χ0) is 14.9. The first kappa shape index (κ1) is 14.4. The van der Waals surface area contributed by atoms with Crippen LogP contribution in [0, 0.1) is 17.7 Å². The second kappa shape index (κ2) is 6.11. The van der Waals surface area contributed by atoms with Gasteiger partial charge in [-0.3, -0.25) is 9.80 Å². The van der Waals surface area contributed by atoms with Crippen molar-refractivity contribution in [1.29, 1.82) is 0 Å². The first-order chi connectivity index (χ1) is 10.8. The highest BCUT2D eigenvalue weighted by Crippen LogP contribution is 2.33. The maximum absolute atomic E-state index is 13.3. The van der Waals surface area contributed by atoms with Gasteiger partial charge >= 0.3 is 0 Å². The Bertz CT molecular complexity index is 614. The van der Waals surface area contributed by atoms with Crippen LogP contribution in [0.25, 0.3) is 0 Å². The van der Waals surface area contributed by atoms with E-state index >= 15 is 0 Å². The second-order valence-electron chi connectivity index (χ2n) is 6.62. The minimum absolute atomic E-state index is 0.126. The van der Waals surface area contributed by atoms with Crippen LogP contribution in [-0.2, 0) is 13.1 Å². The highest BCUT2D eigenvalue weighted by atomic mass is 32.1. The minimum atomic E-state index is -0.126. The molecule has 2 saturated heterocycles. The van der Waals surface area contributed by atoms with Crippen LogP contribution >= 0.6 is 11.3 Å². The summed E-state index contributed by atoms with van der Waals surface area (Å²) in [4.78, 5) is 6.56. The summed E-state index contributed by atoms with van der Waals surface area (Å²) in [6.07, 6.45) is 0. The van der Waals surface area contributed by atoms with Gasteiger partial charge in [-0.05, 0) is 41.0 Å². The van der Waals surface area contributed by atoms with E-state index in [2.05, 4.69) is 27.3 Å². The lowest BCUT2D eigenvalue weighted by Gasteiger charge is -2.21. The van der Waals surface area contributed by atoms with E-state index in [1.807, 2.05) is 23.5 Å². The topological polar surface area (TPSA) is 6.48 Å². The molecule has 0 N–H and O–H groups in total. The molecule has 22 heavy (non-hydrogen) atoms. The fraction of sp³-hybridized carbons (Fsp3) is 0.444. The van der Waals surface area contributed by atoms with Crippen LogP contribution in [-0.4, -0.2) is 36.0 Å². The molecule has 116 valence electrons. The van der Waals surface area contributed by atoms with Gasteiger partial charge in [0, 0.05) is 44.1 Å². The Balaban J connectivity index is 1.32. The van der Waals surface area contributed by atoms with Crippen LogP contribution in [0.1, 0.15) is 10.4 Å². The first-order valence-electron chi connectivity index (χ1n) is 7.98. The molecule has 0 unspecified atom stereocenters.